The molecule has 3 heteroatoms. The third-order valence-corrected chi connectivity index (χ3v) is 1.66. The van der Waals surface area contributed by atoms with Crippen molar-refractivity contribution >= 4 is 0 Å². The average molecular weight is 163 g/mol. The molecule has 0 unspecified atom stereocenters. The molecule has 0 saturated carbocycles. The first-order valence-electron chi connectivity index (χ1n) is 3.52. The summed E-state index contributed by atoms with van der Waals surface area (Å²) in [7, 11) is 0. The normalized spacial score (nSPS) is 9.42. The monoisotopic (exact) mass is 163 g/mol. The maximum Gasteiger partial charge on any atom is 0.136 e. The van der Waals surface area contributed by atoms with E-state index in [1.807, 2.05) is 6.07 Å². The summed E-state index contributed by atoms with van der Waals surface area (Å²) in [6.45, 7) is 1.57. The molecule has 0 aliphatic carbocycles. The minimum Gasteiger partial charge on any atom is -0.506 e. The maximum absolute atomic E-state index is 9.31. The Balaban J connectivity index is 3.31. The van der Waals surface area contributed by atoms with E-state index in [0.29, 0.717) is 11.1 Å². The highest BCUT2D eigenvalue weighted by atomic mass is 16.3. The third-order valence-electron chi connectivity index (χ3n) is 1.66. The smallest absolute Gasteiger partial charge is 0.136 e. The van der Waals surface area contributed by atoms with Crippen LogP contribution in [-0.2, 0) is 6.61 Å². The Morgan fingerprint density at radius 3 is 2.67 bits per heavy atom. The van der Waals surface area contributed by atoms with Crippen LogP contribution in [-0.4, -0.2) is 10.2 Å². The lowest BCUT2D eigenvalue weighted by Crippen LogP contribution is -1.88. The molecular weight excluding hydrogens is 154 g/mol. The number of aryl methyl sites for hydroxylation is 1. The summed E-state index contributed by atoms with van der Waals surface area (Å²) in [4.78, 5) is 0. The van der Waals surface area contributed by atoms with Gasteiger partial charge in [-0.05, 0) is 24.1 Å². The van der Waals surface area contributed by atoms with Gasteiger partial charge in [0.05, 0.1) is 12.2 Å². The van der Waals surface area contributed by atoms with Crippen LogP contribution in [0.3, 0.4) is 0 Å². The molecule has 0 atom stereocenters. The Labute approximate surface area is 70.5 Å². The van der Waals surface area contributed by atoms with Gasteiger partial charge in [-0.2, -0.15) is 5.26 Å². The van der Waals surface area contributed by atoms with E-state index in [9.17, 15) is 5.11 Å². The highest BCUT2D eigenvalue weighted by Gasteiger charge is 2.05. The highest BCUT2D eigenvalue weighted by molar-refractivity contribution is 5.49. The first kappa shape index (κ1) is 8.57. The summed E-state index contributed by atoms with van der Waals surface area (Å²) in [5.74, 6) is -0.00491. The van der Waals surface area contributed by atoms with E-state index >= 15 is 0 Å². The van der Waals surface area contributed by atoms with Crippen LogP contribution in [0.1, 0.15) is 16.7 Å². The van der Waals surface area contributed by atoms with Crippen LogP contribution in [0.2, 0.25) is 0 Å². The molecule has 0 amide bonds. The summed E-state index contributed by atoms with van der Waals surface area (Å²) < 4.78 is 0. The van der Waals surface area contributed by atoms with E-state index in [2.05, 4.69) is 0 Å². The van der Waals surface area contributed by atoms with Gasteiger partial charge in [0.15, 0.2) is 0 Å². The molecule has 62 valence electrons. The summed E-state index contributed by atoms with van der Waals surface area (Å²) in [5, 5.41) is 26.7. The molecule has 0 aromatic heterocycles. The second-order valence-electron chi connectivity index (χ2n) is 2.58. The second-order valence-corrected chi connectivity index (χ2v) is 2.58. The molecule has 1 aromatic rings. The summed E-state index contributed by atoms with van der Waals surface area (Å²) in [6, 6.07) is 4.97. The number of rotatable bonds is 1. The van der Waals surface area contributed by atoms with Gasteiger partial charge in [-0.3, -0.25) is 0 Å². The molecule has 0 aliphatic rings. The van der Waals surface area contributed by atoms with Crippen molar-refractivity contribution in [3.8, 4) is 11.8 Å². The zero-order valence-corrected chi connectivity index (χ0v) is 6.70. The van der Waals surface area contributed by atoms with Gasteiger partial charge in [-0.25, -0.2) is 0 Å². The molecule has 0 spiro atoms. The van der Waals surface area contributed by atoms with Crippen molar-refractivity contribution in [2.45, 2.75) is 13.5 Å². The molecule has 12 heavy (non-hydrogen) atoms. The van der Waals surface area contributed by atoms with E-state index in [4.69, 9.17) is 10.4 Å². The molecule has 0 bridgehead atoms. The van der Waals surface area contributed by atoms with Gasteiger partial charge in [-0.1, -0.05) is 6.07 Å². The third kappa shape index (κ3) is 1.39. The van der Waals surface area contributed by atoms with Crippen molar-refractivity contribution in [3.05, 3.63) is 28.8 Å². The lowest BCUT2D eigenvalue weighted by atomic mass is 10.1. The van der Waals surface area contributed by atoms with E-state index in [-0.39, 0.29) is 17.9 Å². The zero-order chi connectivity index (χ0) is 9.14. The van der Waals surface area contributed by atoms with Gasteiger partial charge in [-0.15, -0.1) is 0 Å². The maximum atomic E-state index is 9.31. The Morgan fingerprint density at radius 1 is 1.50 bits per heavy atom. The van der Waals surface area contributed by atoms with Crippen LogP contribution >= 0.6 is 0 Å². The number of phenols is 1. The predicted octanol–water partition coefficient (Wildman–Crippen LogP) is 1.06. The number of nitrogens with zero attached hydrogens (tertiary/aromatic N) is 1. The highest BCUT2D eigenvalue weighted by Crippen LogP contribution is 2.22. The van der Waals surface area contributed by atoms with Gasteiger partial charge in [0.1, 0.15) is 11.8 Å². The Morgan fingerprint density at radius 2 is 2.17 bits per heavy atom. The molecule has 2 N–H and O–H groups in total. The van der Waals surface area contributed by atoms with Crippen molar-refractivity contribution in [2.24, 2.45) is 0 Å². The number of aromatic hydroxyl groups is 1. The van der Waals surface area contributed by atoms with Gasteiger partial charge in [0.2, 0.25) is 0 Å². The van der Waals surface area contributed by atoms with E-state index in [1.54, 1.807) is 13.0 Å². The first-order valence-corrected chi connectivity index (χ1v) is 3.52. The number of benzene rings is 1. The fraction of sp³-hybridized carbons (Fsp3) is 0.222. The summed E-state index contributed by atoms with van der Waals surface area (Å²) in [5.41, 5.74) is 1.46. The summed E-state index contributed by atoms with van der Waals surface area (Å²) >= 11 is 0. The second kappa shape index (κ2) is 3.24. The van der Waals surface area contributed by atoms with Crippen molar-refractivity contribution in [3.63, 3.8) is 0 Å². The lowest BCUT2D eigenvalue weighted by molar-refractivity contribution is 0.281. The molecule has 0 radical (unpaired) electrons. The fourth-order valence-corrected chi connectivity index (χ4v) is 1.03. The topological polar surface area (TPSA) is 64.2 Å². The minimum absolute atomic E-state index is 0.00491. The summed E-state index contributed by atoms with van der Waals surface area (Å²) in [6.07, 6.45) is 0. The van der Waals surface area contributed by atoms with Crippen LogP contribution in [0.25, 0.3) is 0 Å². The van der Waals surface area contributed by atoms with Crippen molar-refractivity contribution in [1.29, 1.82) is 5.26 Å². The molecule has 0 saturated heterocycles. The van der Waals surface area contributed by atoms with Crippen molar-refractivity contribution < 1.29 is 10.2 Å². The fourth-order valence-electron chi connectivity index (χ4n) is 1.03. The molecule has 0 fully saturated rings. The minimum atomic E-state index is -0.115. The largest absolute Gasteiger partial charge is 0.506 e. The number of nitriles is 1. The number of aliphatic hydroxyl groups excluding tert-OH is 1. The van der Waals surface area contributed by atoms with Crippen molar-refractivity contribution in [1.82, 2.24) is 0 Å². The van der Waals surface area contributed by atoms with Crippen LogP contribution in [0.5, 0.6) is 5.75 Å². The Kier molecular flexibility index (Phi) is 2.32. The van der Waals surface area contributed by atoms with Crippen LogP contribution in [0, 0.1) is 18.3 Å². The molecular formula is C9H9NO2. The average Bonchev–Trinajstić information content (AvgIpc) is 2.09. The molecule has 0 aliphatic heterocycles. The number of phenolic OH excluding ortho intramolecular Hbond substituents is 1. The molecule has 3 nitrogen and oxygen atoms in total. The Bertz CT molecular complexity index is 339. The predicted molar refractivity (Wildman–Crippen MR) is 43.5 cm³/mol. The number of hydrogen-bond acceptors (Lipinski definition) is 3. The van der Waals surface area contributed by atoms with Gasteiger partial charge in [0.25, 0.3) is 0 Å². The number of aliphatic hydroxyl groups is 1. The van der Waals surface area contributed by atoms with Crippen LogP contribution < -0.4 is 0 Å². The quantitative estimate of drug-likeness (QED) is 0.650. The van der Waals surface area contributed by atoms with Gasteiger partial charge in [0, 0.05) is 0 Å². The molecule has 1 rings (SSSR count). The molecule has 1 aromatic carbocycles. The SMILES string of the molecule is Cc1cc(CO)cc(C#N)c1O. The number of hydrogen-bond donors (Lipinski definition) is 2. The van der Waals surface area contributed by atoms with Gasteiger partial charge < -0.3 is 10.2 Å². The Hall–Kier alpha value is -1.53. The molecule has 0 heterocycles. The first-order chi connectivity index (χ1) is 5.69. The lowest BCUT2D eigenvalue weighted by Gasteiger charge is -2.03. The van der Waals surface area contributed by atoms with Crippen LogP contribution in [0.4, 0.5) is 0 Å². The van der Waals surface area contributed by atoms with Crippen molar-refractivity contribution in [2.75, 3.05) is 0 Å². The van der Waals surface area contributed by atoms with E-state index in [0.717, 1.165) is 0 Å². The van der Waals surface area contributed by atoms with E-state index < -0.39 is 0 Å². The zero-order valence-electron chi connectivity index (χ0n) is 6.70. The standard InChI is InChI=1S/C9H9NO2/c1-6-2-7(5-11)3-8(4-10)9(6)12/h2-3,11-12H,5H2,1H3. The van der Waals surface area contributed by atoms with Gasteiger partial charge >= 0.3 is 0 Å². The van der Waals surface area contributed by atoms with E-state index in [1.165, 1.54) is 6.07 Å². The van der Waals surface area contributed by atoms with Crippen LogP contribution in [0.15, 0.2) is 12.1 Å².